The summed E-state index contributed by atoms with van der Waals surface area (Å²) in [5.74, 6) is 10.9. The summed E-state index contributed by atoms with van der Waals surface area (Å²) >= 11 is 0. The van der Waals surface area contributed by atoms with Gasteiger partial charge in [0.15, 0.2) is 0 Å². The number of hydrogen-bond donors (Lipinski definition) is 0. The minimum Gasteiger partial charge on any atom is -0.392 e. The van der Waals surface area contributed by atoms with Crippen molar-refractivity contribution in [3.05, 3.63) is 114 Å². The third-order valence-electron chi connectivity index (χ3n) is 8.66. The van der Waals surface area contributed by atoms with Crippen LogP contribution in [0.1, 0.15) is 98.8 Å². The second-order valence-electron chi connectivity index (χ2n) is 14.3. The molecule has 3 heterocycles. The standard InChI is InChI=1S/C14H17BO2.C9H19BO3.C8H6.C8H5.C4H8O.Li/c1-13(2)14(3,4)17-15(16-13)11-10-12-8-6-5-7-9-12;1-7(2)11-10-12-8(3,4)9(5,6)13-10;2*1-2-8-6-4-3-5-7-8;1-2-4-5-3-1;/h5-9H,1-4H3;7H,1-6H3;1,3-7H;3-7H;1-4H2;/q;;;-1;;+1. The molecule has 3 fully saturated rings. The van der Waals surface area contributed by atoms with Crippen molar-refractivity contribution in [1.29, 1.82) is 0 Å². The summed E-state index contributed by atoms with van der Waals surface area (Å²) < 4.78 is 33.2. The fraction of sp³-hybridized carbons (Fsp3) is 0.442. The Hall–Kier alpha value is -3.17. The molecule has 3 aromatic carbocycles. The van der Waals surface area contributed by atoms with E-state index in [1.54, 1.807) is 0 Å². The van der Waals surface area contributed by atoms with Gasteiger partial charge in [0.05, 0.1) is 22.4 Å². The molecule has 0 spiro atoms. The van der Waals surface area contributed by atoms with Crippen LogP contribution in [0.25, 0.3) is 0 Å². The molecule has 270 valence electrons. The molecule has 0 atom stereocenters. The van der Waals surface area contributed by atoms with Crippen LogP contribution in [0.4, 0.5) is 0 Å². The van der Waals surface area contributed by atoms with Crippen LogP contribution in [0, 0.1) is 36.4 Å². The zero-order valence-electron chi connectivity index (χ0n) is 33.2. The molecule has 0 saturated carbocycles. The Balaban J connectivity index is 0.000000343. The second kappa shape index (κ2) is 22.8. The summed E-state index contributed by atoms with van der Waals surface area (Å²) in [6, 6.07) is 28.8. The molecular formula is C43H55B2LiO6. The Morgan fingerprint density at radius 2 is 1.02 bits per heavy atom. The van der Waals surface area contributed by atoms with Gasteiger partial charge in [-0.25, -0.2) is 0 Å². The minimum atomic E-state index is -0.523. The molecule has 3 aromatic rings. The largest absolute Gasteiger partial charge is 1.00 e. The van der Waals surface area contributed by atoms with Gasteiger partial charge in [0.2, 0.25) is 0 Å². The minimum absolute atomic E-state index is 0. The molecule has 6 rings (SSSR count). The first kappa shape index (κ1) is 46.8. The number of hydrogen-bond acceptors (Lipinski definition) is 6. The summed E-state index contributed by atoms with van der Waals surface area (Å²) in [4.78, 5) is 0. The molecule has 9 heteroatoms. The van der Waals surface area contributed by atoms with Crippen molar-refractivity contribution in [3.63, 3.8) is 0 Å². The van der Waals surface area contributed by atoms with E-state index in [1.165, 1.54) is 12.8 Å². The summed E-state index contributed by atoms with van der Waals surface area (Å²) in [6.07, 6.45) is 14.5. The van der Waals surface area contributed by atoms with E-state index in [1.807, 2.05) is 160 Å². The zero-order valence-corrected chi connectivity index (χ0v) is 33.2. The van der Waals surface area contributed by atoms with Gasteiger partial charge < -0.3 is 34.4 Å². The predicted octanol–water partition coefficient (Wildman–Crippen LogP) is 5.76. The van der Waals surface area contributed by atoms with E-state index >= 15 is 0 Å². The van der Waals surface area contributed by atoms with E-state index in [4.69, 9.17) is 40.9 Å². The van der Waals surface area contributed by atoms with Crippen molar-refractivity contribution < 1.29 is 46.9 Å². The maximum atomic E-state index is 6.69. The van der Waals surface area contributed by atoms with E-state index in [-0.39, 0.29) is 47.4 Å². The Kier molecular flexibility index (Phi) is 20.5. The number of benzene rings is 3. The molecule has 3 saturated heterocycles. The van der Waals surface area contributed by atoms with Crippen LogP contribution >= 0.6 is 0 Å². The van der Waals surface area contributed by atoms with Gasteiger partial charge in [0.25, 0.3) is 0 Å². The number of terminal acetylenes is 1. The van der Waals surface area contributed by atoms with Gasteiger partial charge in [0, 0.05) is 30.4 Å². The molecule has 3 aliphatic rings. The van der Waals surface area contributed by atoms with Crippen molar-refractivity contribution in [1.82, 2.24) is 0 Å². The molecule has 6 nitrogen and oxygen atoms in total. The Bertz CT molecular complexity index is 1480. The van der Waals surface area contributed by atoms with Gasteiger partial charge in [-0.05, 0) is 106 Å². The average Bonchev–Trinajstić information content (AvgIpc) is 3.79. The predicted molar refractivity (Wildman–Crippen MR) is 209 cm³/mol. The van der Waals surface area contributed by atoms with Crippen molar-refractivity contribution in [2.45, 2.75) is 111 Å². The summed E-state index contributed by atoms with van der Waals surface area (Å²) in [7, 11) is -0.967. The second-order valence-corrected chi connectivity index (χ2v) is 14.3. The fourth-order valence-corrected chi connectivity index (χ4v) is 4.20. The van der Waals surface area contributed by atoms with Crippen LogP contribution in [-0.2, 0) is 28.0 Å². The quantitative estimate of drug-likeness (QED) is 0.193. The molecule has 0 amide bonds. The third kappa shape index (κ3) is 16.7. The molecule has 0 bridgehead atoms. The summed E-state index contributed by atoms with van der Waals surface area (Å²) in [6.45, 7) is 22.1. The Morgan fingerprint density at radius 3 is 1.33 bits per heavy atom. The molecule has 0 N–H and O–H groups in total. The van der Waals surface area contributed by atoms with Crippen LogP contribution in [-0.4, -0.2) is 56.2 Å². The van der Waals surface area contributed by atoms with Gasteiger partial charge in [-0.1, -0.05) is 72.3 Å². The first-order valence-corrected chi connectivity index (χ1v) is 17.5. The molecule has 0 aliphatic carbocycles. The van der Waals surface area contributed by atoms with E-state index in [9.17, 15) is 0 Å². The normalized spacial score (nSPS) is 17.9. The number of ether oxygens (including phenoxy) is 1. The summed E-state index contributed by atoms with van der Waals surface area (Å²) in [5, 5.41) is 0. The maximum absolute atomic E-state index is 6.69. The van der Waals surface area contributed by atoms with Crippen LogP contribution < -0.4 is 18.9 Å². The summed E-state index contributed by atoms with van der Waals surface area (Å²) in [5.41, 5.74) is 1.51. The van der Waals surface area contributed by atoms with Gasteiger partial charge in [0.1, 0.15) is 0 Å². The molecule has 0 unspecified atom stereocenters. The van der Waals surface area contributed by atoms with Gasteiger partial charge in [-0.15, -0.1) is 24.1 Å². The van der Waals surface area contributed by atoms with Gasteiger partial charge >= 0.3 is 33.3 Å². The van der Waals surface area contributed by atoms with Crippen LogP contribution in [0.15, 0.2) is 91.0 Å². The SMILES string of the molecule is C#Cc1ccccc1.C1CCOC1.CC(C)OB1OC(C)(C)C(C)(C)O1.CC1(C)OB(C#Cc2ccccc2)OC1(C)C.[C-]#Cc1ccccc1.[Li+]. The smallest absolute Gasteiger partial charge is 0.392 e. The third-order valence-corrected chi connectivity index (χ3v) is 8.66. The monoisotopic (exact) mass is 696 g/mol. The first-order valence-electron chi connectivity index (χ1n) is 17.5. The first-order chi connectivity index (χ1) is 24.0. The Labute approximate surface area is 327 Å². The van der Waals surface area contributed by atoms with Crippen molar-refractivity contribution in [2.24, 2.45) is 0 Å². The van der Waals surface area contributed by atoms with E-state index in [0.717, 1.165) is 29.9 Å². The molecule has 0 radical (unpaired) electrons. The number of rotatable bonds is 2. The van der Waals surface area contributed by atoms with Crippen molar-refractivity contribution >= 4 is 14.4 Å². The topological polar surface area (TPSA) is 55.4 Å². The molecular weight excluding hydrogens is 641 g/mol. The molecule has 0 aromatic heterocycles. The molecule has 3 aliphatic heterocycles. The van der Waals surface area contributed by atoms with Crippen LogP contribution in [0.2, 0.25) is 0 Å². The van der Waals surface area contributed by atoms with Crippen LogP contribution in [0.3, 0.4) is 0 Å². The fourth-order valence-electron chi connectivity index (χ4n) is 4.20. The van der Waals surface area contributed by atoms with Crippen molar-refractivity contribution in [2.75, 3.05) is 13.2 Å². The van der Waals surface area contributed by atoms with E-state index in [2.05, 4.69) is 23.6 Å². The Morgan fingerprint density at radius 1 is 0.635 bits per heavy atom. The maximum Gasteiger partial charge on any atom is 1.00 e. The van der Waals surface area contributed by atoms with Crippen molar-refractivity contribution in [3.8, 4) is 30.0 Å². The van der Waals surface area contributed by atoms with Crippen LogP contribution in [0.5, 0.6) is 0 Å². The zero-order chi connectivity index (χ0) is 38.0. The molecule has 52 heavy (non-hydrogen) atoms. The van der Waals surface area contributed by atoms with Gasteiger partial charge in [-0.3, -0.25) is 5.92 Å². The average molecular weight is 696 g/mol. The van der Waals surface area contributed by atoms with Gasteiger partial charge in [-0.2, -0.15) is 0 Å². The van der Waals surface area contributed by atoms with E-state index < -0.39 is 14.4 Å². The van der Waals surface area contributed by atoms with E-state index in [0.29, 0.717) is 0 Å².